The fourth-order valence-corrected chi connectivity index (χ4v) is 14.1. The Bertz CT molecular complexity index is 1960. The summed E-state index contributed by atoms with van der Waals surface area (Å²) in [7, 11) is 7.54. The van der Waals surface area contributed by atoms with Gasteiger partial charge in [0, 0.05) is 12.8 Å². The molecule has 0 aromatic heterocycles. The van der Waals surface area contributed by atoms with Gasteiger partial charge >= 0.3 is 0 Å². The second-order valence-corrected chi connectivity index (χ2v) is 30.4. The number of carbonyl (C=O) groups excluding carboxylic acids is 2. The topological polar surface area (TPSA) is 162 Å². The number of ketones is 2. The van der Waals surface area contributed by atoms with Crippen LogP contribution in [-0.4, -0.2) is 128 Å². The second-order valence-electron chi connectivity index (χ2n) is 30.4. The van der Waals surface area contributed by atoms with Gasteiger partial charge in [-0.2, -0.15) is 0 Å². The van der Waals surface area contributed by atoms with Gasteiger partial charge in [0.2, 0.25) is 0 Å². The Morgan fingerprint density at radius 3 is 0.700 bits per heavy atom. The summed E-state index contributed by atoms with van der Waals surface area (Å²) in [6, 6.07) is 0. The number of nitrogens with zero attached hydrogens (tertiary/aromatic N) is 2. The van der Waals surface area contributed by atoms with E-state index in [2.05, 4.69) is 125 Å². The summed E-state index contributed by atoms with van der Waals surface area (Å²) in [5, 5.41) is 82.2. The van der Waals surface area contributed by atoms with Crippen molar-refractivity contribution in [1.29, 1.82) is 0 Å². The van der Waals surface area contributed by atoms with E-state index >= 15 is 9.59 Å². The normalized spacial score (nSPS) is 15.8. The first kappa shape index (κ1) is 96.9. The molecule has 6 N–H and O–H groups in total. The zero-order valence-corrected chi connectivity index (χ0v) is 66.8. The molecule has 0 aromatic carbocycles. The van der Waals surface area contributed by atoms with E-state index in [1.807, 2.05) is 38.0 Å². The van der Waals surface area contributed by atoms with Crippen LogP contribution in [0.5, 0.6) is 0 Å². The van der Waals surface area contributed by atoms with Gasteiger partial charge in [-0.05, 0) is 208 Å². The highest BCUT2D eigenvalue weighted by molar-refractivity contribution is 6.01. The van der Waals surface area contributed by atoms with Gasteiger partial charge in [0.25, 0.3) is 0 Å². The van der Waals surface area contributed by atoms with E-state index in [-0.39, 0.29) is 51.4 Å². The first-order chi connectivity index (χ1) is 48.5. The predicted molar refractivity (Wildman–Crippen MR) is 433 cm³/mol. The average molecular weight is 1400 g/mol. The minimum Gasteiger partial charge on any atom is -0.390 e. The Morgan fingerprint density at radius 2 is 0.480 bits per heavy atom. The van der Waals surface area contributed by atoms with E-state index in [9.17, 15) is 30.6 Å². The van der Waals surface area contributed by atoms with Gasteiger partial charge in [0.1, 0.15) is 11.2 Å². The highest BCUT2D eigenvalue weighted by atomic mass is 16.4. The molecule has 0 aliphatic carbocycles. The lowest BCUT2D eigenvalue weighted by molar-refractivity contribution is -0.309. The molecule has 0 aromatic rings. The lowest BCUT2D eigenvalue weighted by Gasteiger charge is -2.58. The molecule has 10 nitrogen and oxygen atoms in total. The van der Waals surface area contributed by atoms with Gasteiger partial charge in [-0.1, -0.05) is 305 Å². The third-order valence-electron chi connectivity index (χ3n) is 20.6. The van der Waals surface area contributed by atoms with Crippen molar-refractivity contribution in [3.8, 4) is 0 Å². The predicted octanol–water partition coefficient (Wildman–Crippen LogP) is 23.3. The minimum atomic E-state index is -3.41. The van der Waals surface area contributed by atoms with Gasteiger partial charge < -0.3 is 40.4 Å². The monoisotopic (exact) mass is 1400 g/mol. The molecule has 0 spiro atoms. The summed E-state index contributed by atoms with van der Waals surface area (Å²) >= 11 is 0. The Labute approximate surface area is 618 Å². The van der Waals surface area contributed by atoms with Gasteiger partial charge in [0.05, 0.1) is 12.2 Å². The van der Waals surface area contributed by atoms with Crippen LogP contribution in [0.15, 0.2) is 97.2 Å². The zero-order valence-electron chi connectivity index (χ0n) is 66.8. The van der Waals surface area contributed by atoms with Crippen molar-refractivity contribution in [1.82, 2.24) is 9.80 Å². The standard InChI is InChI=1S/C90H164N2O8/c1-9-13-17-21-25-29-33-37-41-45-49-53-57-61-65-69-75-83(93)87(97,79-71-67-63-59-55-51-47-43-39-35-31-27-23-19-15-11-3)89(99,85(95)77-73-81-91(5)6)90(100,86(96)78-74-82-92(7)8)88(98,80-72-68-64-60-56-52-48-44-40-36-32-28-24-20-16-12-4)84(94)76-70-66-62-58-54-50-46-42-38-34-30-26-22-18-14-10-2/h25-32,37-44,83-84,93-94,97-100H,9-24,33-36,45-82H2,1-8H3/b29-25-,30-26-,31-27-,32-28-,41-37-,42-38-,43-39-,44-40-/t83?,84?,87-,88-,89-,90-/m1/s1. The van der Waals surface area contributed by atoms with E-state index in [0.717, 1.165) is 193 Å². The largest absolute Gasteiger partial charge is 0.390 e. The van der Waals surface area contributed by atoms with E-state index in [1.54, 1.807) is 0 Å². The Kier molecular flexibility index (Phi) is 65.7. The molecule has 0 saturated heterocycles. The first-order valence-electron chi connectivity index (χ1n) is 42.3. The molecule has 6 atom stereocenters. The first-order valence-corrected chi connectivity index (χ1v) is 42.3. The van der Waals surface area contributed by atoms with Crippen LogP contribution in [0.3, 0.4) is 0 Å². The number of unbranched alkanes of at least 4 members (excludes halogenated alkanes) is 36. The third-order valence-corrected chi connectivity index (χ3v) is 20.6. The molecule has 100 heavy (non-hydrogen) atoms. The number of aliphatic hydroxyl groups excluding tert-OH is 2. The summed E-state index contributed by atoms with van der Waals surface area (Å²) < 4.78 is 0. The van der Waals surface area contributed by atoms with Gasteiger partial charge in [-0.15, -0.1) is 0 Å². The third kappa shape index (κ3) is 46.7. The molecule has 0 bridgehead atoms. The SMILES string of the molecule is CCCCC/C=C\C/C=C\CCCCCCCCC(O)[C@](O)(CCCCCCCC/C=C\C/C=C\CCCCC)[C@](O)(C(=O)CCCN(C)C)[C@@](O)(C(=O)CCCN(C)C)[C@@](O)(CCCCCCCC/C=C\C/C=C\CCCCC)C(O)CCCCCCCC/C=C\C/C=C\CCCCC. The molecule has 0 amide bonds. The molecule has 582 valence electrons. The summed E-state index contributed by atoms with van der Waals surface area (Å²) in [6.07, 6.45) is 79.3. The van der Waals surface area contributed by atoms with E-state index < -0.39 is 46.2 Å². The number of allylic oxidation sites excluding steroid dienone is 16. The smallest absolute Gasteiger partial charge is 0.193 e. The molecule has 10 heteroatoms. The zero-order chi connectivity index (χ0) is 73.8. The number of hydrogen-bond acceptors (Lipinski definition) is 10. The van der Waals surface area contributed by atoms with Crippen LogP contribution in [0.25, 0.3) is 0 Å². The van der Waals surface area contributed by atoms with E-state index in [0.29, 0.717) is 51.6 Å². The number of rotatable bonds is 75. The van der Waals surface area contributed by atoms with Crippen LogP contribution in [0.1, 0.15) is 387 Å². The van der Waals surface area contributed by atoms with Crippen LogP contribution in [0, 0.1) is 0 Å². The molecule has 0 aliphatic heterocycles. The number of aliphatic hydroxyl groups is 6. The Hall–Kier alpha value is -3.06. The van der Waals surface area contributed by atoms with Crippen molar-refractivity contribution >= 4 is 11.6 Å². The van der Waals surface area contributed by atoms with Crippen molar-refractivity contribution in [3.05, 3.63) is 97.2 Å². The van der Waals surface area contributed by atoms with Gasteiger partial charge in [0.15, 0.2) is 22.8 Å². The van der Waals surface area contributed by atoms with Crippen molar-refractivity contribution in [3.63, 3.8) is 0 Å². The quantitative estimate of drug-likeness (QED) is 0.0255. The highest BCUT2D eigenvalue weighted by Gasteiger charge is 2.77. The highest BCUT2D eigenvalue weighted by Crippen LogP contribution is 2.51. The second kappa shape index (κ2) is 67.8. The molecule has 2 unspecified atom stereocenters. The number of hydrogen-bond donors (Lipinski definition) is 6. The number of carbonyl (C=O) groups is 2. The van der Waals surface area contributed by atoms with Crippen molar-refractivity contribution in [2.24, 2.45) is 0 Å². The van der Waals surface area contributed by atoms with Gasteiger partial charge in [-0.25, -0.2) is 0 Å². The maximum Gasteiger partial charge on any atom is 0.193 e. The van der Waals surface area contributed by atoms with Crippen LogP contribution in [0.2, 0.25) is 0 Å². The average Bonchev–Trinajstić information content (AvgIpc) is 0.693. The molecule has 0 radical (unpaired) electrons. The van der Waals surface area contributed by atoms with E-state index in [4.69, 9.17) is 0 Å². The lowest BCUT2D eigenvalue weighted by Crippen LogP contribution is -2.85. The molecule has 0 heterocycles. The molecule has 0 fully saturated rings. The molecular weight excluding hydrogens is 1240 g/mol. The summed E-state index contributed by atoms with van der Waals surface area (Å²) in [4.78, 5) is 35.5. The van der Waals surface area contributed by atoms with Crippen LogP contribution in [0.4, 0.5) is 0 Å². The van der Waals surface area contributed by atoms with Crippen molar-refractivity contribution < 1.29 is 40.2 Å². The van der Waals surface area contributed by atoms with Crippen molar-refractivity contribution in [2.75, 3.05) is 41.3 Å². The lowest BCUT2D eigenvalue weighted by atomic mass is 9.54. The fraction of sp³-hybridized carbons (Fsp3) is 0.800. The maximum absolute atomic E-state index is 15.9. The van der Waals surface area contributed by atoms with Crippen LogP contribution in [-0.2, 0) is 9.59 Å². The maximum atomic E-state index is 15.9. The molecular formula is C90H164N2O8. The van der Waals surface area contributed by atoms with Gasteiger partial charge in [-0.3, -0.25) is 9.59 Å². The fourth-order valence-electron chi connectivity index (χ4n) is 14.1. The van der Waals surface area contributed by atoms with Crippen molar-refractivity contribution in [2.45, 2.75) is 422 Å². The molecule has 0 rings (SSSR count). The summed E-state index contributed by atoms with van der Waals surface area (Å²) in [5.74, 6) is -1.99. The Balaban J connectivity index is 7.36. The number of Topliss-reactive ketones (excluding diaryl/α,β-unsaturated/α-hetero) is 2. The van der Waals surface area contributed by atoms with Crippen LogP contribution >= 0.6 is 0 Å². The molecule has 0 saturated carbocycles. The molecule has 0 aliphatic rings. The summed E-state index contributed by atoms with van der Waals surface area (Å²) in [6.45, 7) is 9.80. The van der Waals surface area contributed by atoms with E-state index in [1.165, 1.54) is 77.0 Å². The Morgan fingerprint density at radius 1 is 0.280 bits per heavy atom. The van der Waals surface area contributed by atoms with Crippen LogP contribution < -0.4 is 0 Å². The summed E-state index contributed by atoms with van der Waals surface area (Å²) in [5.41, 5.74) is -12.4. The minimum absolute atomic E-state index is 0.00528.